The molecule has 18 heavy (non-hydrogen) atoms. The second-order valence-corrected chi connectivity index (χ2v) is 4.56. The molecule has 0 aliphatic heterocycles. The molecule has 0 heterocycles. The molecule has 1 rings (SSSR count). The van der Waals surface area contributed by atoms with E-state index in [1.165, 1.54) is 0 Å². The lowest BCUT2D eigenvalue weighted by molar-refractivity contribution is -0.124. The van der Waals surface area contributed by atoms with Crippen LogP contribution in [0, 0.1) is 5.92 Å². The zero-order chi connectivity index (χ0) is 13.5. The Hall–Kier alpha value is -1.55. The third-order valence-electron chi connectivity index (χ3n) is 2.91. The maximum absolute atomic E-state index is 11.7. The number of hydrogen-bond donors (Lipinski definition) is 2. The van der Waals surface area contributed by atoms with Gasteiger partial charge < -0.3 is 15.8 Å². The van der Waals surface area contributed by atoms with Crippen molar-refractivity contribution in [2.24, 2.45) is 11.7 Å². The molecule has 0 bridgehead atoms. The van der Waals surface area contributed by atoms with Gasteiger partial charge in [0.1, 0.15) is 5.75 Å². The largest absolute Gasteiger partial charge is 0.496 e. The van der Waals surface area contributed by atoms with Crippen molar-refractivity contribution in [2.75, 3.05) is 13.7 Å². The highest BCUT2D eigenvalue weighted by molar-refractivity contribution is 5.78. The first kappa shape index (κ1) is 14.5. The Morgan fingerprint density at radius 2 is 2.06 bits per heavy atom. The number of amides is 1. The summed E-state index contributed by atoms with van der Waals surface area (Å²) in [4.78, 5) is 11.7. The molecule has 0 aromatic heterocycles. The van der Waals surface area contributed by atoms with Gasteiger partial charge in [0.2, 0.25) is 5.91 Å². The summed E-state index contributed by atoms with van der Waals surface area (Å²) in [5.74, 6) is 0.704. The van der Waals surface area contributed by atoms with Gasteiger partial charge in [0.25, 0.3) is 0 Å². The topological polar surface area (TPSA) is 64.3 Å². The fraction of sp³-hybridized carbons (Fsp3) is 0.500. The van der Waals surface area contributed by atoms with Gasteiger partial charge in [0, 0.05) is 18.5 Å². The Morgan fingerprint density at radius 3 is 2.67 bits per heavy atom. The van der Waals surface area contributed by atoms with Crippen molar-refractivity contribution in [1.29, 1.82) is 0 Å². The number of benzene rings is 1. The molecule has 1 amide bonds. The molecule has 100 valence electrons. The minimum absolute atomic E-state index is 0.0000945. The second kappa shape index (κ2) is 7.01. The van der Waals surface area contributed by atoms with E-state index in [1.807, 2.05) is 38.1 Å². The molecule has 4 heteroatoms. The summed E-state index contributed by atoms with van der Waals surface area (Å²) in [6, 6.07) is 7.89. The molecule has 4 nitrogen and oxygen atoms in total. The average Bonchev–Trinajstić information content (AvgIpc) is 2.38. The van der Waals surface area contributed by atoms with Gasteiger partial charge in [-0.25, -0.2) is 0 Å². The monoisotopic (exact) mass is 250 g/mol. The molecule has 0 aliphatic carbocycles. The van der Waals surface area contributed by atoms with E-state index in [2.05, 4.69) is 5.32 Å². The number of hydrogen-bond acceptors (Lipinski definition) is 3. The first-order chi connectivity index (χ1) is 8.58. The van der Waals surface area contributed by atoms with E-state index >= 15 is 0 Å². The number of nitrogens with two attached hydrogens (primary N) is 1. The zero-order valence-corrected chi connectivity index (χ0v) is 11.3. The van der Waals surface area contributed by atoms with E-state index in [-0.39, 0.29) is 17.9 Å². The fourth-order valence-electron chi connectivity index (χ4n) is 1.74. The Morgan fingerprint density at radius 1 is 1.39 bits per heavy atom. The molecule has 0 aliphatic rings. The molecular formula is C14H22N2O2. The number of ether oxygens (including phenoxy) is 1. The highest BCUT2D eigenvalue weighted by Gasteiger charge is 2.14. The lowest BCUT2D eigenvalue weighted by atomic mass is 10.0. The van der Waals surface area contributed by atoms with Crippen LogP contribution < -0.4 is 15.8 Å². The van der Waals surface area contributed by atoms with Crippen LogP contribution in [0.3, 0.4) is 0 Å². The van der Waals surface area contributed by atoms with Crippen LogP contribution in [0.2, 0.25) is 0 Å². The molecule has 0 spiro atoms. The van der Waals surface area contributed by atoms with Gasteiger partial charge in [-0.1, -0.05) is 25.1 Å². The molecule has 0 radical (unpaired) electrons. The van der Waals surface area contributed by atoms with Crippen molar-refractivity contribution < 1.29 is 9.53 Å². The predicted octanol–water partition coefficient (Wildman–Crippen LogP) is 1.34. The first-order valence-electron chi connectivity index (χ1n) is 6.20. The smallest absolute Gasteiger partial charge is 0.224 e. The van der Waals surface area contributed by atoms with E-state index in [4.69, 9.17) is 10.5 Å². The van der Waals surface area contributed by atoms with Gasteiger partial charge in [-0.2, -0.15) is 0 Å². The summed E-state index contributed by atoms with van der Waals surface area (Å²) in [7, 11) is 1.65. The quantitative estimate of drug-likeness (QED) is 0.800. The van der Waals surface area contributed by atoms with E-state index in [0.29, 0.717) is 6.54 Å². The molecule has 3 N–H and O–H groups in total. The maximum atomic E-state index is 11.7. The van der Waals surface area contributed by atoms with Gasteiger partial charge >= 0.3 is 0 Å². The van der Waals surface area contributed by atoms with Crippen LogP contribution in [0.15, 0.2) is 24.3 Å². The normalized spacial score (nSPS) is 13.8. The van der Waals surface area contributed by atoms with Crippen LogP contribution >= 0.6 is 0 Å². The molecule has 2 atom stereocenters. The van der Waals surface area contributed by atoms with Gasteiger partial charge in [-0.15, -0.1) is 0 Å². The third kappa shape index (κ3) is 4.04. The number of methoxy groups -OCH3 is 1. The van der Waals surface area contributed by atoms with Gasteiger partial charge in [0.05, 0.1) is 7.11 Å². The summed E-state index contributed by atoms with van der Waals surface area (Å²) in [6.45, 7) is 4.17. The molecule has 0 saturated carbocycles. The van der Waals surface area contributed by atoms with E-state index in [9.17, 15) is 4.79 Å². The SMILES string of the molecule is COc1ccccc1CC(C)NC(=O)C(C)CN. The minimum Gasteiger partial charge on any atom is -0.496 e. The highest BCUT2D eigenvalue weighted by atomic mass is 16.5. The maximum Gasteiger partial charge on any atom is 0.224 e. The summed E-state index contributed by atoms with van der Waals surface area (Å²) >= 11 is 0. The lowest BCUT2D eigenvalue weighted by Crippen LogP contribution is -2.39. The Balaban J connectivity index is 2.59. The number of para-hydroxylation sites is 1. The fourth-order valence-corrected chi connectivity index (χ4v) is 1.74. The van der Waals surface area contributed by atoms with E-state index in [0.717, 1.165) is 17.7 Å². The molecular weight excluding hydrogens is 228 g/mol. The van der Waals surface area contributed by atoms with Crippen molar-refractivity contribution in [3.63, 3.8) is 0 Å². The molecule has 2 unspecified atom stereocenters. The summed E-state index contributed by atoms with van der Waals surface area (Å²) < 4.78 is 5.29. The molecule has 0 fully saturated rings. The first-order valence-corrected chi connectivity index (χ1v) is 6.20. The molecule has 1 aromatic carbocycles. The van der Waals surface area contributed by atoms with Crippen LogP contribution in [-0.4, -0.2) is 25.6 Å². The van der Waals surface area contributed by atoms with Crippen molar-refractivity contribution in [2.45, 2.75) is 26.3 Å². The lowest BCUT2D eigenvalue weighted by Gasteiger charge is -2.18. The Labute approximate surface area is 109 Å². The second-order valence-electron chi connectivity index (χ2n) is 4.56. The Kier molecular flexibility index (Phi) is 5.65. The van der Waals surface area contributed by atoms with Crippen LogP contribution in [0.25, 0.3) is 0 Å². The number of rotatable bonds is 6. The van der Waals surface area contributed by atoms with Gasteiger partial charge in [-0.3, -0.25) is 4.79 Å². The highest BCUT2D eigenvalue weighted by Crippen LogP contribution is 2.18. The molecule has 1 aromatic rings. The van der Waals surface area contributed by atoms with Crippen molar-refractivity contribution in [3.8, 4) is 5.75 Å². The predicted molar refractivity (Wildman–Crippen MR) is 72.5 cm³/mol. The van der Waals surface area contributed by atoms with Crippen LogP contribution in [0.1, 0.15) is 19.4 Å². The number of carbonyl (C=O) groups excluding carboxylic acids is 1. The van der Waals surface area contributed by atoms with Gasteiger partial charge in [0.15, 0.2) is 0 Å². The third-order valence-corrected chi connectivity index (χ3v) is 2.91. The zero-order valence-electron chi connectivity index (χ0n) is 11.3. The molecule has 0 saturated heterocycles. The number of carbonyl (C=O) groups is 1. The van der Waals surface area contributed by atoms with E-state index < -0.39 is 0 Å². The van der Waals surface area contributed by atoms with Crippen LogP contribution in [0.4, 0.5) is 0 Å². The van der Waals surface area contributed by atoms with Gasteiger partial charge in [-0.05, 0) is 25.0 Å². The van der Waals surface area contributed by atoms with Crippen molar-refractivity contribution in [1.82, 2.24) is 5.32 Å². The minimum atomic E-state index is -0.148. The number of nitrogens with one attached hydrogen (secondary N) is 1. The summed E-state index contributed by atoms with van der Waals surface area (Å²) in [6.07, 6.45) is 0.743. The Bertz CT molecular complexity index is 393. The summed E-state index contributed by atoms with van der Waals surface area (Å²) in [5.41, 5.74) is 6.56. The van der Waals surface area contributed by atoms with Crippen LogP contribution in [-0.2, 0) is 11.2 Å². The summed E-state index contributed by atoms with van der Waals surface area (Å²) in [5, 5.41) is 2.96. The van der Waals surface area contributed by atoms with Crippen molar-refractivity contribution in [3.05, 3.63) is 29.8 Å². The van der Waals surface area contributed by atoms with Crippen LogP contribution in [0.5, 0.6) is 5.75 Å². The standard InChI is InChI=1S/C14H22N2O2/c1-10(9-15)14(17)16-11(2)8-12-6-4-5-7-13(12)18-3/h4-7,10-11H,8-9,15H2,1-3H3,(H,16,17). The average molecular weight is 250 g/mol. The van der Waals surface area contributed by atoms with E-state index in [1.54, 1.807) is 7.11 Å². The van der Waals surface area contributed by atoms with Crippen molar-refractivity contribution >= 4 is 5.91 Å².